The molecule has 2 saturated heterocycles. The second-order valence-corrected chi connectivity index (χ2v) is 9.13. The molecule has 2 aromatic heterocycles. The molecule has 2 aliphatic heterocycles. The maximum Gasteiger partial charge on any atom is 0.206 e. The number of hydrogen-bond donors (Lipinski definition) is 2. The fourth-order valence-corrected chi connectivity index (χ4v) is 4.71. The van der Waals surface area contributed by atoms with Crippen LogP contribution in [0.15, 0.2) is 42.6 Å². The van der Waals surface area contributed by atoms with Crippen LogP contribution in [0.2, 0.25) is 0 Å². The highest BCUT2D eigenvalue weighted by molar-refractivity contribution is 5.74. The molecule has 3 N–H and O–H groups in total. The van der Waals surface area contributed by atoms with E-state index < -0.39 is 0 Å². The van der Waals surface area contributed by atoms with Crippen molar-refractivity contribution < 1.29 is 5.11 Å². The van der Waals surface area contributed by atoms with Crippen LogP contribution in [0.4, 0.5) is 17.3 Å². The fraction of sp³-hybridized carbons (Fsp3) is 0.360. The van der Waals surface area contributed by atoms with Crippen molar-refractivity contribution in [2.24, 2.45) is 11.8 Å². The van der Waals surface area contributed by atoms with Gasteiger partial charge in [0.25, 0.3) is 0 Å². The Balaban J connectivity index is 1.29. The van der Waals surface area contributed by atoms with Gasteiger partial charge in [-0.1, -0.05) is 18.1 Å². The number of rotatable bonds is 4. The van der Waals surface area contributed by atoms with Gasteiger partial charge in [-0.25, -0.2) is 9.97 Å². The third kappa shape index (κ3) is 4.45. The maximum absolute atomic E-state index is 10.2. The van der Waals surface area contributed by atoms with Crippen LogP contribution in [0.5, 0.6) is 5.75 Å². The van der Waals surface area contributed by atoms with Gasteiger partial charge < -0.3 is 20.6 Å². The number of benzene rings is 1. The smallest absolute Gasteiger partial charge is 0.206 e. The van der Waals surface area contributed by atoms with Crippen molar-refractivity contribution in [2.45, 2.75) is 0 Å². The summed E-state index contributed by atoms with van der Waals surface area (Å²) in [5, 5.41) is 18.6. The predicted molar refractivity (Wildman–Crippen MR) is 132 cm³/mol. The number of aromatic hydroxyl groups is 1. The lowest BCUT2D eigenvalue weighted by molar-refractivity contribution is 0.464. The lowest BCUT2D eigenvalue weighted by Crippen LogP contribution is -2.30. The molecule has 0 unspecified atom stereocenters. The van der Waals surface area contributed by atoms with Gasteiger partial charge in [-0.3, -0.25) is 4.90 Å². The number of phenolic OH excluding ortho intramolecular Hbond substituents is 1. The van der Waals surface area contributed by atoms with Crippen LogP contribution in [0.25, 0.3) is 11.3 Å². The number of fused-ring (bicyclic) bond motifs is 1. The third-order valence-corrected chi connectivity index (χ3v) is 6.37. The first-order valence-electron chi connectivity index (χ1n) is 11.4. The summed E-state index contributed by atoms with van der Waals surface area (Å²) in [6.45, 7) is 4.30. The number of phenols is 1. The molecule has 2 fully saturated rings. The van der Waals surface area contributed by atoms with Gasteiger partial charge in [-0.2, -0.15) is 0 Å². The highest BCUT2D eigenvalue weighted by Crippen LogP contribution is 2.38. The SMILES string of the molecule is CN(C)CC#Cc1nccc(N2C[C@@H]3CN(c4cc(-c5ccccc5O)nnc4N)C[C@@H]3C2)n1. The number of nitrogens with two attached hydrogens (primary N) is 1. The van der Waals surface area contributed by atoms with Crippen molar-refractivity contribution in [3.8, 4) is 28.8 Å². The molecule has 0 amide bonds. The first kappa shape index (κ1) is 21.9. The summed E-state index contributed by atoms with van der Waals surface area (Å²) in [6.07, 6.45) is 1.78. The standard InChI is InChI=1S/C25H28N8O/c1-31(2)11-5-8-23-27-10-9-24(28-23)33-15-17-13-32(14-18(17)16-33)21-12-20(29-30-25(21)26)19-6-3-4-7-22(19)34/h3-4,6-7,9-10,12,17-18,34H,11,13-16H2,1-2H3,(H2,26,30)/t17-,18+. The largest absolute Gasteiger partial charge is 0.507 e. The molecule has 0 saturated carbocycles. The van der Waals surface area contributed by atoms with Crippen molar-refractivity contribution >= 4 is 17.3 Å². The van der Waals surface area contributed by atoms with Crippen LogP contribution in [-0.4, -0.2) is 77.0 Å². The monoisotopic (exact) mass is 456 g/mol. The predicted octanol–water partition coefficient (Wildman–Crippen LogP) is 1.71. The van der Waals surface area contributed by atoms with E-state index >= 15 is 0 Å². The molecule has 9 heteroatoms. The lowest BCUT2D eigenvalue weighted by atomic mass is 10.0. The Labute approximate surface area is 199 Å². The summed E-state index contributed by atoms with van der Waals surface area (Å²) >= 11 is 0. The number of nitrogens with zero attached hydrogens (tertiary/aromatic N) is 7. The Bertz CT molecular complexity index is 1240. The number of hydrogen-bond acceptors (Lipinski definition) is 9. The number of anilines is 3. The number of para-hydroxylation sites is 1. The Kier molecular flexibility index (Phi) is 5.90. The summed E-state index contributed by atoms with van der Waals surface area (Å²) in [4.78, 5) is 15.6. The molecule has 0 radical (unpaired) electrons. The van der Waals surface area contributed by atoms with E-state index in [0.717, 1.165) is 37.7 Å². The zero-order chi connectivity index (χ0) is 23.7. The fourth-order valence-electron chi connectivity index (χ4n) is 4.71. The molecule has 0 bridgehead atoms. The molecule has 9 nitrogen and oxygen atoms in total. The molecule has 5 rings (SSSR count). The van der Waals surface area contributed by atoms with E-state index in [2.05, 4.69) is 41.8 Å². The second-order valence-electron chi connectivity index (χ2n) is 9.13. The van der Waals surface area contributed by atoms with E-state index in [1.165, 1.54) is 0 Å². The minimum absolute atomic E-state index is 0.178. The van der Waals surface area contributed by atoms with Crippen LogP contribution < -0.4 is 15.5 Å². The van der Waals surface area contributed by atoms with Gasteiger partial charge >= 0.3 is 0 Å². The van der Waals surface area contributed by atoms with Crippen LogP contribution in [-0.2, 0) is 0 Å². The zero-order valence-corrected chi connectivity index (χ0v) is 19.4. The van der Waals surface area contributed by atoms with E-state index in [1.54, 1.807) is 18.3 Å². The summed E-state index contributed by atoms with van der Waals surface area (Å²) in [6, 6.07) is 11.0. The lowest BCUT2D eigenvalue weighted by Gasteiger charge is -2.24. The topological polar surface area (TPSA) is 108 Å². The normalized spacial score (nSPS) is 19.3. The molecule has 34 heavy (non-hydrogen) atoms. The Morgan fingerprint density at radius 3 is 2.53 bits per heavy atom. The number of nitrogen functional groups attached to an aromatic ring is 1. The summed E-state index contributed by atoms with van der Waals surface area (Å²) < 4.78 is 0. The van der Waals surface area contributed by atoms with Gasteiger partial charge in [0, 0.05) is 49.8 Å². The van der Waals surface area contributed by atoms with Gasteiger partial charge in [-0.15, -0.1) is 10.2 Å². The molecular weight excluding hydrogens is 428 g/mol. The minimum atomic E-state index is 0.178. The van der Waals surface area contributed by atoms with Crippen molar-refractivity contribution in [2.75, 3.05) is 62.4 Å². The third-order valence-electron chi connectivity index (χ3n) is 6.37. The Morgan fingerprint density at radius 2 is 1.79 bits per heavy atom. The maximum atomic E-state index is 10.2. The van der Waals surface area contributed by atoms with Gasteiger partial charge in [0.05, 0.1) is 17.9 Å². The van der Waals surface area contributed by atoms with E-state index in [1.807, 2.05) is 43.3 Å². The second kappa shape index (κ2) is 9.15. The Hall–Kier alpha value is -3.90. The molecular formula is C25H28N8O. The van der Waals surface area contributed by atoms with Gasteiger partial charge in [0.2, 0.25) is 5.82 Å². The molecule has 1 aromatic carbocycles. The van der Waals surface area contributed by atoms with E-state index in [4.69, 9.17) is 5.73 Å². The average molecular weight is 457 g/mol. The number of aromatic nitrogens is 4. The molecule has 174 valence electrons. The first-order valence-corrected chi connectivity index (χ1v) is 11.4. The van der Waals surface area contributed by atoms with Crippen molar-refractivity contribution in [3.05, 3.63) is 48.4 Å². The molecule has 2 atom stereocenters. The first-order chi connectivity index (χ1) is 16.5. The average Bonchev–Trinajstić information content (AvgIpc) is 3.39. The van der Waals surface area contributed by atoms with Crippen LogP contribution in [0, 0.1) is 23.7 Å². The van der Waals surface area contributed by atoms with Crippen LogP contribution in [0.3, 0.4) is 0 Å². The highest BCUT2D eigenvalue weighted by atomic mass is 16.3. The van der Waals surface area contributed by atoms with Crippen LogP contribution in [0.1, 0.15) is 5.82 Å². The quantitative estimate of drug-likeness (QED) is 0.567. The van der Waals surface area contributed by atoms with Gasteiger partial charge in [0.1, 0.15) is 11.6 Å². The highest BCUT2D eigenvalue weighted by Gasteiger charge is 2.41. The van der Waals surface area contributed by atoms with E-state index in [0.29, 0.717) is 41.3 Å². The summed E-state index contributed by atoms with van der Waals surface area (Å²) in [5.74, 6) is 9.22. The molecule has 3 aromatic rings. The molecule has 4 heterocycles. The van der Waals surface area contributed by atoms with Gasteiger partial charge in [-0.05, 0) is 44.3 Å². The molecule has 0 aliphatic carbocycles. The van der Waals surface area contributed by atoms with Crippen molar-refractivity contribution in [1.29, 1.82) is 0 Å². The van der Waals surface area contributed by atoms with Crippen LogP contribution >= 0.6 is 0 Å². The molecule has 0 spiro atoms. The van der Waals surface area contributed by atoms with E-state index in [9.17, 15) is 5.11 Å². The molecule has 2 aliphatic rings. The Morgan fingerprint density at radius 1 is 1.06 bits per heavy atom. The summed E-state index contributed by atoms with van der Waals surface area (Å²) in [7, 11) is 3.97. The van der Waals surface area contributed by atoms with Crippen molar-refractivity contribution in [1.82, 2.24) is 25.1 Å². The van der Waals surface area contributed by atoms with E-state index in [-0.39, 0.29) is 5.75 Å². The zero-order valence-electron chi connectivity index (χ0n) is 19.4. The minimum Gasteiger partial charge on any atom is -0.507 e. The summed E-state index contributed by atoms with van der Waals surface area (Å²) in [5.41, 5.74) is 8.34. The van der Waals surface area contributed by atoms with Gasteiger partial charge in [0.15, 0.2) is 5.82 Å². The van der Waals surface area contributed by atoms with Crippen molar-refractivity contribution in [3.63, 3.8) is 0 Å².